The van der Waals surface area contributed by atoms with Crippen LogP contribution in [0.1, 0.15) is 26.6 Å². The minimum absolute atomic E-state index is 0.163. The van der Waals surface area contributed by atoms with Crippen LogP contribution >= 0.6 is 0 Å². The van der Waals surface area contributed by atoms with Gasteiger partial charge in [-0.2, -0.15) is 0 Å². The zero-order valence-electron chi connectivity index (χ0n) is 18.3. The van der Waals surface area contributed by atoms with Crippen molar-refractivity contribution in [3.05, 3.63) is 58.6 Å². The molecule has 0 radical (unpaired) electrons. The summed E-state index contributed by atoms with van der Waals surface area (Å²) in [6.45, 7) is 6.89. The average Bonchev–Trinajstić information content (AvgIpc) is 2.71. The van der Waals surface area contributed by atoms with Crippen LogP contribution in [0, 0.1) is 12.3 Å². The van der Waals surface area contributed by atoms with Crippen molar-refractivity contribution in [1.29, 1.82) is 0 Å². The zero-order chi connectivity index (χ0) is 22.8. The summed E-state index contributed by atoms with van der Waals surface area (Å²) >= 11 is 0. The summed E-state index contributed by atoms with van der Waals surface area (Å²) in [5.74, 6) is 0.395. The number of nitrogens with one attached hydrogen (secondary N) is 2. The molecule has 0 atom stereocenters. The Morgan fingerprint density at radius 2 is 1.81 bits per heavy atom. The summed E-state index contributed by atoms with van der Waals surface area (Å²) in [5.41, 5.74) is 0.584. The van der Waals surface area contributed by atoms with E-state index >= 15 is 0 Å². The second kappa shape index (κ2) is 8.59. The number of carbonyl (C=O) groups excluding carboxylic acids is 2. The molecule has 0 unspecified atom stereocenters. The number of benzene rings is 2. The first-order chi connectivity index (χ1) is 14.6. The molecular weight excluding hydrogens is 396 g/mol. The van der Waals surface area contributed by atoms with Crippen molar-refractivity contribution >= 4 is 34.1 Å². The minimum Gasteiger partial charge on any atom is -0.495 e. The van der Waals surface area contributed by atoms with Crippen molar-refractivity contribution in [2.24, 2.45) is 5.41 Å². The fourth-order valence-electron chi connectivity index (χ4n) is 3.00. The highest BCUT2D eigenvalue weighted by Gasteiger charge is 2.21. The number of aromatic nitrogens is 2. The van der Waals surface area contributed by atoms with Crippen molar-refractivity contribution in [2.45, 2.75) is 34.2 Å². The molecule has 2 amide bonds. The molecular formula is C23H26N4O4. The number of hydrogen-bond acceptors (Lipinski definition) is 5. The first-order valence-corrected chi connectivity index (χ1v) is 9.85. The quantitative estimate of drug-likeness (QED) is 0.657. The molecule has 2 aromatic carbocycles. The number of aryl methyl sites for hydroxylation is 1. The van der Waals surface area contributed by atoms with Gasteiger partial charge in [-0.25, -0.2) is 4.98 Å². The number of methoxy groups -OCH3 is 1. The van der Waals surface area contributed by atoms with Gasteiger partial charge < -0.3 is 15.4 Å². The van der Waals surface area contributed by atoms with Gasteiger partial charge in [0, 0.05) is 11.1 Å². The summed E-state index contributed by atoms with van der Waals surface area (Å²) in [6.07, 6.45) is 0. The Morgan fingerprint density at radius 1 is 1.10 bits per heavy atom. The lowest BCUT2D eigenvalue weighted by molar-refractivity contribution is -0.123. The number of amides is 2. The van der Waals surface area contributed by atoms with E-state index in [9.17, 15) is 14.4 Å². The van der Waals surface area contributed by atoms with E-state index in [0.29, 0.717) is 33.9 Å². The van der Waals surface area contributed by atoms with Crippen LogP contribution in [-0.2, 0) is 16.1 Å². The molecule has 3 rings (SSSR count). The number of hydrogen-bond donors (Lipinski definition) is 2. The average molecular weight is 422 g/mol. The summed E-state index contributed by atoms with van der Waals surface area (Å²) in [5, 5.41) is 5.89. The van der Waals surface area contributed by atoms with E-state index in [0.717, 1.165) is 0 Å². The Bertz CT molecular complexity index is 1210. The highest BCUT2D eigenvalue weighted by atomic mass is 16.5. The van der Waals surface area contributed by atoms with E-state index in [2.05, 4.69) is 15.6 Å². The van der Waals surface area contributed by atoms with Gasteiger partial charge in [0.05, 0.1) is 23.7 Å². The maximum absolute atomic E-state index is 13.1. The van der Waals surface area contributed by atoms with Crippen LogP contribution in [0.3, 0.4) is 0 Å². The highest BCUT2D eigenvalue weighted by Crippen LogP contribution is 2.23. The van der Waals surface area contributed by atoms with Crippen LogP contribution in [0.25, 0.3) is 10.9 Å². The molecule has 0 saturated carbocycles. The topological polar surface area (TPSA) is 102 Å². The van der Waals surface area contributed by atoms with Gasteiger partial charge in [-0.3, -0.25) is 19.0 Å². The van der Waals surface area contributed by atoms with Crippen LogP contribution in [0.5, 0.6) is 5.75 Å². The van der Waals surface area contributed by atoms with Gasteiger partial charge in [0.1, 0.15) is 18.1 Å². The maximum atomic E-state index is 13.1. The predicted octanol–water partition coefficient (Wildman–Crippen LogP) is 3.34. The fraction of sp³-hybridized carbons (Fsp3) is 0.304. The van der Waals surface area contributed by atoms with E-state index in [1.54, 1.807) is 49.4 Å². The van der Waals surface area contributed by atoms with Gasteiger partial charge in [-0.05, 0) is 37.3 Å². The molecule has 162 valence electrons. The standard InChI is InChI=1S/C23H26N4O4/c1-14-24-17-11-10-15(25-22(30)23(2,3)4)12-16(17)21(29)27(14)13-20(28)26-18-8-6-7-9-19(18)31-5/h6-12H,13H2,1-5H3,(H,25,30)(H,26,28). The van der Waals surface area contributed by atoms with E-state index in [4.69, 9.17) is 4.74 Å². The first kappa shape index (κ1) is 22.0. The van der Waals surface area contributed by atoms with Crippen LogP contribution in [0.15, 0.2) is 47.3 Å². The summed E-state index contributed by atoms with van der Waals surface area (Å²) in [6, 6.07) is 12.0. The molecule has 0 saturated heterocycles. The Morgan fingerprint density at radius 3 is 2.48 bits per heavy atom. The van der Waals surface area contributed by atoms with Gasteiger partial charge in [0.25, 0.3) is 5.56 Å². The third kappa shape index (κ3) is 4.91. The summed E-state index contributed by atoms with van der Waals surface area (Å²) in [7, 11) is 1.52. The van der Waals surface area contributed by atoms with Crippen molar-refractivity contribution in [3.8, 4) is 5.75 Å². The molecule has 0 fully saturated rings. The van der Waals surface area contributed by atoms with Crippen LogP contribution in [0.4, 0.5) is 11.4 Å². The smallest absolute Gasteiger partial charge is 0.261 e. The number of ether oxygens (including phenoxy) is 1. The lowest BCUT2D eigenvalue weighted by Gasteiger charge is -2.18. The predicted molar refractivity (Wildman–Crippen MR) is 120 cm³/mol. The van der Waals surface area contributed by atoms with Crippen molar-refractivity contribution in [3.63, 3.8) is 0 Å². The molecule has 8 heteroatoms. The molecule has 31 heavy (non-hydrogen) atoms. The molecule has 0 bridgehead atoms. The summed E-state index contributed by atoms with van der Waals surface area (Å²) in [4.78, 5) is 42.4. The lowest BCUT2D eigenvalue weighted by Crippen LogP contribution is -2.30. The molecule has 0 spiro atoms. The molecule has 1 aromatic heterocycles. The van der Waals surface area contributed by atoms with E-state index in [-0.39, 0.29) is 23.9 Å². The molecule has 0 aliphatic heterocycles. The third-order valence-electron chi connectivity index (χ3n) is 4.77. The highest BCUT2D eigenvalue weighted by molar-refractivity contribution is 5.96. The SMILES string of the molecule is COc1ccccc1NC(=O)Cn1c(C)nc2ccc(NC(=O)C(C)(C)C)cc2c1=O. The second-order valence-electron chi connectivity index (χ2n) is 8.23. The largest absolute Gasteiger partial charge is 0.495 e. The minimum atomic E-state index is -0.572. The summed E-state index contributed by atoms with van der Waals surface area (Å²) < 4.78 is 6.55. The molecule has 0 aliphatic carbocycles. The molecule has 2 N–H and O–H groups in total. The van der Waals surface area contributed by atoms with Gasteiger partial charge in [-0.1, -0.05) is 32.9 Å². The lowest BCUT2D eigenvalue weighted by atomic mass is 9.95. The number of rotatable bonds is 5. The number of carbonyl (C=O) groups is 2. The Hall–Kier alpha value is -3.68. The fourth-order valence-corrected chi connectivity index (χ4v) is 3.00. The zero-order valence-corrected chi connectivity index (χ0v) is 18.3. The third-order valence-corrected chi connectivity index (χ3v) is 4.77. The second-order valence-corrected chi connectivity index (χ2v) is 8.23. The van der Waals surface area contributed by atoms with Gasteiger partial charge in [-0.15, -0.1) is 0 Å². The molecule has 0 aliphatic rings. The van der Waals surface area contributed by atoms with E-state index in [1.807, 2.05) is 20.8 Å². The van der Waals surface area contributed by atoms with Crippen LogP contribution in [0.2, 0.25) is 0 Å². The van der Waals surface area contributed by atoms with Crippen molar-refractivity contribution < 1.29 is 14.3 Å². The maximum Gasteiger partial charge on any atom is 0.261 e. The molecule has 1 heterocycles. The Labute approximate surface area is 180 Å². The van der Waals surface area contributed by atoms with Gasteiger partial charge >= 0.3 is 0 Å². The van der Waals surface area contributed by atoms with Crippen LogP contribution < -0.4 is 20.9 Å². The van der Waals surface area contributed by atoms with E-state index < -0.39 is 5.41 Å². The first-order valence-electron chi connectivity index (χ1n) is 9.85. The Kier molecular flexibility index (Phi) is 6.10. The van der Waals surface area contributed by atoms with Gasteiger partial charge in [0.15, 0.2) is 0 Å². The number of nitrogens with zero attached hydrogens (tertiary/aromatic N) is 2. The monoisotopic (exact) mass is 422 g/mol. The van der Waals surface area contributed by atoms with Crippen molar-refractivity contribution in [2.75, 3.05) is 17.7 Å². The van der Waals surface area contributed by atoms with Crippen LogP contribution in [-0.4, -0.2) is 28.5 Å². The molecule has 8 nitrogen and oxygen atoms in total. The Balaban J connectivity index is 1.90. The van der Waals surface area contributed by atoms with Crippen molar-refractivity contribution in [1.82, 2.24) is 9.55 Å². The number of para-hydroxylation sites is 2. The number of anilines is 2. The molecule has 3 aromatic rings. The normalized spacial score (nSPS) is 11.3. The van der Waals surface area contributed by atoms with Gasteiger partial charge in [0.2, 0.25) is 11.8 Å². The number of fused-ring (bicyclic) bond motifs is 1. The van der Waals surface area contributed by atoms with E-state index in [1.165, 1.54) is 11.7 Å².